The molecule has 0 fully saturated rings. The van der Waals surface area contributed by atoms with Crippen molar-refractivity contribution in [3.8, 4) is 22.6 Å². The first-order valence-corrected chi connectivity index (χ1v) is 13.7. The van der Waals surface area contributed by atoms with Crippen LogP contribution in [0.2, 0.25) is 0 Å². The molecule has 0 radical (unpaired) electrons. The number of ether oxygens (including phenoxy) is 1. The summed E-state index contributed by atoms with van der Waals surface area (Å²) in [6, 6.07) is 17.1. The van der Waals surface area contributed by atoms with E-state index in [0.717, 1.165) is 52.4 Å². The molecule has 2 aromatic heterocycles. The molecule has 5 rings (SSSR count). The van der Waals surface area contributed by atoms with Crippen molar-refractivity contribution >= 4 is 23.1 Å². The van der Waals surface area contributed by atoms with Gasteiger partial charge in [0.15, 0.2) is 5.75 Å². The van der Waals surface area contributed by atoms with Crippen LogP contribution < -0.4 is 15.2 Å². The summed E-state index contributed by atoms with van der Waals surface area (Å²) in [6.07, 6.45) is 4.73. The molecule has 196 valence electrons. The number of benzene rings is 2. The number of hydrogen-bond acceptors (Lipinski definition) is 6. The van der Waals surface area contributed by atoms with Crippen molar-refractivity contribution in [3.63, 3.8) is 0 Å². The maximum atomic E-state index is 13.9. The molecule has 0 saturated heterocycles. The Morgan fingerprint density at radius 2 is 1.95 bits per heavy atom. The molecule has 4 aromatic rings. The quantitative estimate of drug-likeness (QED) is 0.250. The third-order valence-electron chi connectivity index (χ3n) is 6.71. The van der Waals surface area contributed by atoms with E-state index in [1.54, 1.807) is 13.0 Å². The van der Waals surface area contributed by atoms with Gasteiger partial charge in [-0.1, -0.05) is 49.4 Å². The number of anilines is 2. The Kier molecular flexibility index (Phi) is 7.69. The minimum absolute atomic E-state index is 0.0299. The van der Waals surface area contributed by atoms with Crippen LogP contribution in [0.25, 0.3) is 11.1 Å². The van der Waals surface area contributed by atoms with Crippen molar-refractivity contribution in [2.75, 3.05) is 18.1 Å². The van der Waals surface area contributed by atoms with Gasteiger partial charge < -0.3 is 19.7 Å². The number of aromatic nitrogens is 2. The zero-order chi connectivity index (χ0) is 26.6. The highest BCUT2D eigenvalue weighted by atomic mass is 32.2. The van der Waals surface area contributed by atoms with E-state index in [2.05, 4.69) is 21.8 Å². The number of aromatic amines is 1. The fraction of sp³-hybridized carbons (Fsp3) is 0.267. The zero-order valence-electron chi connectivity index (χ0n) is 21.5. The zero-order valence-corrected chi connectivity index (χ0v) is 22.3. The lowest BCUT2D eigenvalue weighted by molar-refractivity contribution is 0.322. The topological polar surface area (TPSA) is 78.5 Å². The number of nitrogens with one attached hydrogen (secondary N) is 1. The van der Waals surface area contributed by atoms with Gasteiger partial charge in [0, 0.05) is 28.9 Å². The van der Waals surface area contributed by atoms with Crippen LogP contribution in [0.1, 0.15) is 37.4 Å². The average molecular weight is 532 g/mol. The number of H-pyrrole nitrogens is 1. The number of hydrogen-bond donors (Lipinski definition) is 2. The summed E-state index contributed by atoms with van der Waals surface area (Å²) in [6.45, 7) is 5.03. The normalized spacial score (nSPS) is 13.1. The van der Waals surface area contributed by atoms with Crippen LogP contribution >= 0.6 is 11.8 Å². The van der Waals surface area contributed by atoms with Crippen LogP contribution in [0.15, 0.2) is 75.4 Å². The second-order valence-corrected chi connectivity index (χ2v) is 10.4. The summed E-state index contributed by atoms with van der Waals surface area (Å²) in [5, 5.41) is 11.6. The van der Waals surface area contributed by atoms with Crippen molar-refractivity contribution in [1.82, 2.24) is 9.97 Å². The Morgan fingerprint density at radius 3 is 2.74 bits per heavy atom. The third kappa shape index (κ3) is 5.13. The SMILES string of the molecule is CCCCc1[nH]c(=O)c(Sc2ccc(-c3ccnc(F)c3C)cc2)c(O)c1N1CCCOc2ccccc21. The minimum atomic E-state index is -0.492. The molecule has 3 heterocycles. The second kappa shape index (κ2) is 11.3. The van der Waals surface area contributed by atoms with Crippen molar-refractivity contribution in [3.05, 3.63) is 88.4 Å². The number of pyridine rings is 2. The Hall–Kier alpha value is -3.78. The lowest BCUT2D eigenvalue weighted by atomic mass is 10.0. The highest BCUT2D eigenvalue weighted by Gasteiger charge is 2.26. The molecule has 2 N–H and O–H groups in total. The third-order valence-corrected chi connectivity index (χ3v) is 7.80. The Bertz CT molecular complexity index is 1500. The summed E-state index contributed by atoms with van der Waals surface area (Å²) in [7, 11) is 0. The van der Waals surface area contributed by atoms with E-state index in [-0.39, 0.29) is 16.2 Å². The molecule has 0 aliphatic carbocycles. The average Bonchev–Trinajstić information content (AvgIpc) is 3.14. The predicted octanol–water partition coefficient (Wildman–Crippen LogP) is 7.00. The molecule has 6 nitrogen and oxygen atoms in total. The monoisotopic (exact) mass is 531 g/mol. The molecule has 0 atom stereocenters. The van der Waals surface area contributed by atoms with Gasteiger partial charge in [-0.3, -0.25) is 4.79 Å². The number of aryl methyl sites for hydroxylation is 1. The molecular weight excluding hydrogens is 501 g/mol. The smallest absolute Gasteiger partial charge is 0.266 e. The predicted molar refractivity (Wildman–Crippen MR) is 149 cm³/mol. The highest BCUT2D eigenvalue weighted by Crippen LogP contribution is 2.45. The molecule has 8 heteroatoms. The fourth-order valence-corrected chi connectivity index (χ4v) is 5.58. The number of aromatic hydroxyl groups is 1. The second-order valence-electron chi connectivity index (χ2n) is 9.28. The van der Waals surface area contributed by atoms with Gasteiger partial charge in [-0.2, -0.15) is 4.39 Å². The van der Waals surface area contributed by atoms with Crippen LogP contribution in [0.5, 0.6) is 11.5 Å². The van der Waals surface area contributed by atoms with Crippen molar-refractivity contribution < 1.29 is 14.2 Å². The van der Waals surface area contributed by atoms with Crippen LogP contribution in [0.4, 0.5) is 15.8 Å². The van der Waals surface area contributed by atoms with Gasteiger partial charge in [-0.15, -0.1) is 0 Å². The van der Waals surface area contributed by atoms with E-state index in [9.17, 15) is 14.3 Å². The lowest BCUT2D eigenvalue weighted by Gasteiger charge is -2.27. The Labute approximate surface area is 225 Å². The van der Waals surface area contributed by atoms with Crippen molar-refractivity contribution in [1.29, 1.82) is 0 Å². The van der Waals surface area contributed by atoms with Crippen LogP contribution in [0.3, 0.4) is 0 Å². The van der Waals surface area contributed by atoms with E-state index >= 15 is 0 Å². The van der Waals surface area contributed by atoms with Crippen LogP contribution in [0, 0.1) is 12.9 Å². The maximum absolute atomic E-state index is 13.9. The standard InChI is InChI=1S/C30H30FN3O3S/c1-3-4-8-23-26(34-17-7-18-37-25-10-6-5-9-24(25)34)27(35)28(30(36)33-23)38-21-13-11-20(12-14-21)22-15-16-32-29(31)19(22)2/h5-6,9-16H,3-4,7-8,17-18H2,1-2H3,(H2,33,35,36). The van der Waals surface area contributed by atoms with Gasteiger partial charge in [0.05, 0.1) is 12.3 Å². The van der Waals surface area contributed by atoms with Crippen LogP contribution in [-0.4, -0.2) is 28.2 Å². The van der Waals surface area contributed by atoms with E-state index in [0.29, 0.717) is 30.8 Å². The molecule has 2 aromatic carbocycles. The molecular formula is C30H30FN3O3S. The number of halogens is 1. The molecule has 0 amide bonds. The van der Waals surface area contributed by atoms with Gasteiger partial charge in [0.25, 0.3) is 5.56 Å². The van der Waals surface area contributed by atoms with E-state index < -0.39 is 5.95 Å². The van der Waals surface area contributed by atoms with Crippen molar-refractivity contribution in [2.45, 2.75) is 49.3 Å². The highest BCUT2D eigenvalue weighted by molar-refractivity contribution is 7.99. The number of rotatable bonds is 7. The van der Waals surface area contributed by atoms with E-state index in [4.69, 9.17) is 4.74 Å². The minimum Gasteiger partial charge on any atom is -0.504 e. The number of nitrogens with zero attached hydrogens (tertiary/aromatic N) is 2. The Morgan fingerprint density at radius 1 is 1.16 bits per heavy atom. The molecule has 0 spiro atoms. The largest absolute Gasteiger partial charge is 0.504 e. The first-order chi connectivity index (χ1) is 18.5. The van der Waals surface area contributed by atoms with Gasteiger partial charge in [0.2, 0.25) is 5.95 Å². The maximum Gasteiger partial charge on any atom is 0.266 e. The summed E-state index contributed by atoms with van der Waals surface area (Å²) in [4.78, 5) is 23.1. The number of unbranched alkanes of at least 4 members (excludes halogenated alkanes) is 1. The first kappa shape index (κ1) is 25.9. The molecule has 38 heavy (non-hydrogen) atoms. The van der Waals surface area contributed by atoms with E-state index in [1.165, 1.54) is 18.0 Å². The van der Waals surface area contributed by atoms with Gasteiger partial charge in [0.1, 0.15) is 16.3 Å². The molecule has 0 saturated carbocycles. The lowest BCUT2D eigenvalue weighted by Crippen LogP contribution is -2.23. The molecule has 1 aliphatic rings. The van der Waals surface area contributed by atoms with Crippen LogP contribution in [-0.2, 0) is 6.42 Å². The summed E-state index contributed by atoms with van der Waals surface area (Å²) < 4.78 is 19.9. The number of para-hydroxylation sites is 2. The van der Waals surface area contributed by atoms with Gasteiger partial charge in [-0.25, -0.2) is 4.98 Å². The van der Waals surface area contributed by atoms with Crippen molar-refractivity contribution in [2.24, 2.45) is 0 Å². The summed E-state index contributed by atoms with van der Waals surface area (Å²) in [5.74, 6) is 0.232. The first-order valence-electron chi connectivity index (χ1n) is 12.8. The molecule has 0 unspecified atom stereocenters. The van der Waals surface area contributed by atoms with Gasteiger partial charge in [-0.05, 0) is 67.6 Å². The summed E-state index contributed by atoms with van der Waals surface area (Å²) >= 11 is 1.21. The van der Waals surface area contributed by atoms with Gasteiger partial charge >= 0.3 is 0 Å². The Balaban J connectivity index is 1.54. The summed E-state index contributed by atoms with van der Waals surface area (Å²) in [5.41, 5.74) is 3.99. The molecule has 1 aliphatic heterocycles. The fourth-order valence-electron chi connectivity index (χ4n) is 4.73. The number of fused-ring (bicyclic) bond motifs is 1. The van der Waals surface area contributed by atoms with E-state index in [1.807, 2.05) is 48.5 Å². The molecule has 0 bridgehead atoms.